The van der Waals surface area contributed by atoms with Gasteiger partial charge in [-0.3, -0.25) is 109 Å². The van der Waals surface area contributed by atoms with Gasteiger partial charge in [0.2, 0.25) is 0 Å². The molecule has 0 saturated carbocycles. The molecule has 2 saturated heterocycles. The van der Waals surface area contributed by atoms with Crippen LogP contribution >= 0.6 is 0 Å². The van der Waals surface area contributed by atoms with Gasteiger partial charge in [0, 0.05) is 144 Å². The van der Waals surface area contributed by atoms with Gasteiger partial charge in [-0.05, 0) is 17.7 Å². The van der Waals surface area contributed by atoms with Crippen LogP contribution in [-0.4, -0.2) is 296 Å². The molecule has 468 valence electrons. The Hall–Kier alpha value is -8.88. The molecule has 0 atom stereocenters. The third-order valence-electron chi connectivity index (χ3n) is 15.0. The van der Waals surface area contributed by atoms with E-state index in [1.54, 1.807) is 106 Å². The molecule has 7 rings (SSSR count). The number of nitrogens with zero attached hydrogens (tertiary/aromatic N) is 8. The lowest BCUT2D eigenvalue weighted by atomic mass is 9.81. The number of aromatic amines is 2. The Kier molecular flexibility index (Phi) is 24.2. The minimum Gasteiger partial charge on any atom is -0.480 e. The number of carbonyl (C=O) groups excluding carboxylic acids is 4. The summed E-state index contributed by atoms with van der Waals surface area (Å²) in [6.07, 6.45) is 0. The van der Waals surface area contributed by atoms with E-state index in [1.165, 1.54) is 0 Å². The van der Waals surface area contributed by atoms with Crippen LogP contribution in [0.5, 0.6) is 0 Å². The molecule has 4 amide bonds. The number of carbonyl (C=O) groups is 10. The SMILES string of the molecule is O=C(O)CN1CCN(CC(=O)O)CCN(CC(=O)NNC(=O)c2[nH]c3ccccc3c2C(c2ccccc2)c2c(C(=O)NNC(=O)CN3CCN(CC(=O)O)CCN(CC(=O)O)CCN(CC(=O)O)CC3)[nH]c3ccccc23)CCN(CC(=O)O)CC1. The van der Waals surface area contributed by atoms with Crippen LogP contribution in [0.3, 0.4) is 0 Å². The van der Waals surface area contributed by atoms with Gasteiger partial charge in [0.25, 0.3) is 23.6 Å². The highest BCUT2D eigenvalue weighted by Gasteiger charge is 2.34. The average Bonchev–Trinajstić information content (AvgIpc) is 1.65. The zero-order valence-corrected chi connectivity index (χ0v) is 47.9. The first kappa shape index (κ1) is 65.7. The number of fused-ring (bicyclic) bond motifs is 2. The number of aromatic nitrogens is 2. The second kappa shape index (κ2) is 32.0. The summed E-state index contributed by atoms with van der Waals surface area (Å²) >= 11 is 0. The van der Waals surface area contributed by atoms with Gasteiger partial charge >= 0.3 is 35.8 Å². The molecule has 4 heterocycles. The normalized spacial score (nSPS) is 16.8. The number of rotatable bonds is 21. The topological polar surface area (TPSA) is 398 Å². The highest BCUT2D eigenvalue weighted by Crippen LogP contribution is 2.43. The molecule has 3 aromatic carbocycles. The Bertz CT molecular complexity index is 2990. The van der Waals surface area contributed by atoms with Gasteiger partial charge in [-0.25, -0.2) is 0 Å². The van der Waals surface area contributed by atoms with Crippen molar-refractivity contribution in [3.05, 3.63) is 107 Å². The Labute approximate surface area is 499 Å². The van der Waals surface area contributed by atoms with Crippen LogP contribution in [0.4, 0.5) is 0 Å². The average molecular weight is 1210 g/mol. The molecule has 2 aromatic heterocycles. The van der Waals surface area contributed by atoms with Crippen molar-refractivity contribution in [2.45, 2.75) is 5.92 Å². The molecule has 2 aliphatic heterocycles. The van der Waals surface area contributed by atoms with Crippen molar-refractivity contribution in [1.82, 2.24) is 70.9 Å². The Balaban J connectivity index is 1.13. The van der Waals surface area contributed by atoms with E-state index >= 15 is 0 Å². The summed E-state index contributed by atoms with van der Waals surface area (Å²) in [6.45, 7) is -0.134. The van der Waals surface area contributed by atoms with Gasteiger partial charge in [-0.2, -0.15) is 0 Å². The number of H-pyrrole nitrogens is 2. The van der Waals surface area contributed by atoms with Crippen molar-refractivity contribution in [3.8, 4) is 0 Å². The highest BCUT2D eigenvalue weighted by atomic mass is 16.4. The van der Waals surface area contributed by atoms with Gasteiger partial charge in [-0.15, -0.1) is 0 Å². The summed E-state index contributed by atoms with van der Waals surface area (Å²) in [6, 6.07) is 23.3. The lowest BCUT2D eigenvalue weighted by molar-refractivity contribution is -0.140. The van der Waals surface area contributed by atoms with E-state index in [2.05, 4.69) is 31.7 Å². The number of hydrogen-bond donors (Lipinski definition) is 12. The summed E-state index contributed by atoms with van der Waals surface area (Å²) in [5, 5.41) is 59.0. The molecule has 87 heavy (non-hydrogen) atoms. The standard InChI is InChI=1S/C57H74N14O16/c72-43(30-64-14-18-66(32-45(74)75)22-26-70(36-49(82)83)27-23-67(19-15-64)33-46(76)77)60-62-56(86)54-52(39-10-4-6-12-41(39)58-54)51(38-8-2-1-3-9-38)53-40-11-5-7-13-42(40)59-55(53)57(87)63-61-44(73)31-65-16-20-68(34-47(78)79)24-28-71(37-50(84)85)29-25-69(21-17-65)35-48(80)81/h1-13,51,58-59H,14-37H2,(H,60,72)(H,61,73)(H,62,86)(H,63,87)(H,74,75)(H,76,77)(H,78,79)(H,80,81)(H,82,83)(H,84,85). The van der Waals surface area contributed by atoms with Gasteiger partial charge in [-0.1, -0.05) is 66.7 Å². The fraction of sp³-hybridized carbons (Fsp3) is 0.439. The molecule has 12 N–H and O–H groups in total. The van der Waals surface area contributed by atoms with E-state index in [4.69, 9.17) is 0 Å². The number of benzene rings is 3. The molecule has 0 bridgehead atoms. The number of carboxylic acids is 6. The number of para-hydroxylation sites is 2. The molecule has 0 aliphatic carbocycles. The van der Waals surface area contributed by atoms with Gasteiger partial charge in [0.05, 0.1) is 52.4 Å². The van der Waals surface area contributed by atoms with E-state index in [-0.39, 0.29) is 168 Å². The summed E-state index contributed by atoms with van der Waals surface area (Å²) in [5.41, 5.74) is 12.7. The van der Waals surface area contributed by atoms with Crippen LogP contribution < -0.4 is 21.7 Å². The van der Waals surface area contributed by atoms with Crippen LogP contribution in [0, 0.1) is 0 Å². The van der Waals surface area contributed by atoms with Crippen molar-refractivity contribution in [3.63, 3.8) is 0 Å². The van der Waals surface area contributed by atoms with Gasteiger partial charge < -0.3 is 40.6 Å². The zero-order chi connectivity index (χ0) is 62.6. The van der Waals surface area contributed by atoms with Crippen molar-refractivity contribution in [2.75, 3.05) is 157 Å². The van der Waals surface area contributed by atoms with Gasteiger partial charge in [0.1, 0.15) is 11.4 Å². The lowest BCUT2D eigenvalue weighted by Gasteiger charge is -2.32. The number of amides is 4. The number of carboxylic acid groups (broad SMARTS) is 6. The van der Waals surface area contributed by atoms with Gasteiger partial charge in [0.15, 0.2) is 0 Å². The van der Waals surface area contributed by atoms with E-state index < -0.39 is 65.4 Å². The Morgan fingerprint density at radius 3 is 0.839 bits per heavy atom. The molecular weight excluding hydrogens is 1140 g/mol. The quantitative estimate of drug-likeness (QED) is 0.0364. The molecule has 0 spiro atoms. The fourth-order valence-corrected chi connectivity index (χ4v) is 10.8. The van der Waals surface area contributed by atoms with Crippen LogP contribution in [-0.2, 0) is 38.4 Å². The maximum Gasteiger partial charge on any atom is 0.317 e. The first-order chi connectivity index (χ1) is 41.7. The van der Waals surface area contributed by atoms with Crippen LogP contribution in [0.25, 0.3) is 21.8 Å². The third kappa shape index (κ3) is 20.1. The van der Waals surface area contributed by atoms with Crippen molar-refractivity contribution in [1.29, 1.82) is 0 Å². The summed E-state index contributed by atoms with van der Waals surface area (Å²) in [4.78, 5) is 148. The molecule has 2 fully saturated rings. The summed E-state index contributed by atoms with van der Waals surface area (Å²) in [7, 11) is 0. The zero-order valence-electron chi connectivity index (χ0n) is 47.9. The van der Waals surface area contributed by atoms with E-state index in [0.717, 1.165) is 0 Å². The van der Waals surface area contributed by atoms with Crippen LogP contribution in [0.2, 0.25) is 0 Å². The van der Waals surface area contributed by atoms with Crippen molar-refractivity contribution in [2.24, 2.45) is 0 Å². The smallest absolute Gasteiger partial charge is 0.317 e. The first-order valence-corrected chi connectivity index (χ1v) is 28.2. The van der Waals surface area contributed by atoms with Crippen LogP contribution in [0.15, 0.2) is 78.9 Å². The molecule has 2 aliphatic rings. The maximum atomic E-state index is 14.7. The summed E-state index contributed by atoms with van der Waals surface area (Å²) < 4.78 is 0. The minimum atomic E-state index is -1.11. The highest BCUT2D eigenvalue weighted by molar-refractivity contribution is 6.06. The second-order valence-corrected chi connectivity index (χ2v) is 21.3. The van der Waals surface area contributed by atoms with E-state index in [1.807, 2.05) is 12.1 Å². The largest absolute Gasteiger partial charge is 0.480 e. The lowest BCUT2D eigenvalue weighted by Crippen LogP contribution is -2.51. The Morgan fingerprint density at radius 2 is 0.575 bits per heavy atom. The molecule has 0 unspecified atom stereocenters. The number of hydrogen-bond acceptors (Lipinski definition) is 18. The maximum absolute atomic E-state index is 14.7. The summed E-state index contributed by atoms with van der Waals surface area (Å²) in [5.74, 6) is -10.4. The second-order valence-electron chi connectivity index (χ2n) is 21.3. The molecule has 0 radical (unpaired) electrons. The Morgan fingerprint density at radius 1 is 0.333 bits per heavy atom. The van der Waals surface area contributed by atoms with Crippen molar-refractivity contribution < 1.29 is 78.6 Å². The van der Waals surface area contributed by atoms with Crippen LogP contribution in [0.1, 0.15) is 43.6 Å². The number of aliphatic carboxylic acids is 6. The third-order valence-corrected chi connectivity index (χ3v) is 15.0. The molecule has 30 nitrogen and oxygen atoms in total. The monoisotopic (exact) mass is 1210 g/mol. The first-order valence-electron chi connectivity index (χ1n) is 28.2. The number of nitrogens with one attached hydrogen (secondary N) is 6. The molecule has 30 heteroatoms. The predicted molar refractivity (Wildman–Crippen MR) is 313 cm³/mol. The molecular formula is C57H74N14O16. The minimum absolute atomic E-state index is 0.0136. The van der Waals surface area contributed by atoms with E-state index in [0.29, 0.717) is 38.5 Å². The fourth-order valence-electron chi connectivity index (χ4n) is 10.8. The predicted octanol–water partition coefficient (Wildman–Crippen LogP) is -1.70. The van der Waals surface area contributed by atoms with Crippen molar-refractivity contribution >= 4 is 81.3 Å². The van der Waals surface area contributed by atoms with E-state index in [9.17, 15) is 78.6 Å². The molecule has 5 aromatic rings. The number of hydrazine groups is 2.